The molecule has 0 saturated heterocycles. The summed E-state index contributed by atoms with van der Waals surface area (Å²) in [5.41, 5.74) is 3.61. The van der Waals surface area contributed by atoms with E-state index in [1.165, 1.54) is 11.1 Å². The van der Waals surface area contributed by atoms with Gasteiger partial charge in [-0.3, -0.25) is 29.1 Å². The normalized spacial score (nSPS) is 4.88. The molecule has 14 heteroatoms. The van der Waals surface area contributed by atoms with Crippen molar-refractivity contribution in [1.29, 1.82) is 0 Å². The number of rotatable bonds is 1. The summed E-state index contributed by atoms with van der Waals surface area (Å²) < 4.78 is 0. The molecule has 99 valence electrons. The van der Waals surface area contributed by atoms with Gasteiger partial charge in [0.2, 0.25) is 0 Å². The number of aryl methyl sites for hydroxylation is 1. The SMILES string of the molecule is Cc1[c-]n[c-]c(C(C)C)c1C.[Y].[Y].[Y].[Y].[Y].[Y].[Y].[Y].[Y].[Y].[Y].[Y].[Y]. The molecule has 0 aliphatic heterocycles. The van der Waals surface area contributed by atoms with Crippen molar-refractivity contribution >= 4 is 0 Å². The zero-order chi connectivity index (χ0) is 8.43. The predicted molar refractivity (Wildman–Crippen MR) is 45.5 cm³/mol. The summed E-state index contributed by atoms with van der Waals surface area (Å²) in [5, 5.41) is 0. The summed E-state index contributed by atoms with van der Waals surface area (Å²) in [6, 6.07) is 0. The Labute approximate surface area is 476 Å². The van der Waals surface area contributed by atoms with Crippen molar-refractivity contribution in [1.82, 2.24) is 4.98 Å². The van der Waals surface area contributed by atoms with E-state index in [2.05, 4.69) is 38.1 Å². The van der Waals surface area contributed by atoms with Crippen molar-refractivity contribution in [2.24, 2.45) is 0 Å². The van der Waals surface area contributed by atoms with Gasteiger partial charge in [0.1, 0.15) is 0 Å². The maximum absolute atomic E-state index is 3.92. The van der Waals surface area contributed by atoms with Crippen molar-refractivity contribution in [2.45, 2.75) is 33.6 Å². The second-order valence-corrected chi connectivity index (χ2v) is 3.15. The Bertz CT molecular complexity index is 275. The summed E-state index contributed by atoms with van der Waals surface area (Å²) in [4.78, 5) is 3.92. The molecule has 0 spiro atoms. The Morgan fingerprint density at radius 2 is 0.875 bits per heavy atom. The van der Waals surface area contributed by atoms with Crippen LogP contribution in [0, 0.1) is 26.2 Å². The monoisotopic (exact) mass is 1300 g/mol. The fourth-order valence-corrected chi connectivity index (χ4v) is 1.10. The van der Waals surface area contributed by atoms with Crippen molar-refractivity contribution in [2.75, 3.05) is 0 Å². The van der Waals surface area contributed by atoms with Gasteiger partial charge < -0.3 is 4.98 Å². The molecule has 0 aliphatic rings. The Hall–Kier alpha value is 13.5. The van der Waals surface area contributed by atoms with Gasteiger partial charge in [0, 0.05) is 425 Å². The first-order valence-electron chi connectivity index (χ1n) is 3.89. The second kappa shape index (κ2) is 56.6. The van der Waals surface area contributed by atoms with Crippen LogP contribution >= 0.6 is 0 Å². The minimum Gasteiger partial charge on any atom is -0.543 e. The molecule has 0 atom stereocenters. The van der Waals surface area contributed by atoms with E-state index in [4.69, 9.17) is 0 Å². The molecule has 1 rings (SSSR count). The number of hydrogen-bond acceptors (Lipinski definition) is 1. The third-order valence-electron chi connectivity index (χ3n) is 1.94. The third-order valence-corrected chi connectivity index (χ3v) is 1.94. The summed E-state index contributed by atoms with van der Waals surface area (Å²) >= 11 is 0. The number of pyridine rings is 1. The Morgan fingerprint density at radius 1 is 0.583 bits per heavy atom. The van der Waals surface area contributed by atoms with Crippen LogP contribution in [0.3, 0.4) is 0 Å². The van der Waals surface area contributed by atoms with Gasteiger partial charge in [0.05, 0.1) is 0 Å². The van der Waals surface area contributed by atoms with Gasteiger partial charge in [-0.05, 0) is 0 Å². The molecule has 0 aromatic carbocycles. The van der Waals surface area contributed by atoms with Crippen LogP contribution in [-0.2, 0) is 425 Å². The molecule has 0 N–H and O–H groups in total. The quantitative estimate of drug-likeness (QED) is 0.395. The van der Waals surface area contributed by atoms with E-state index in [-0.39, 0.29) is 425 Å². The van der Waals surface area contributed by atoms with Crippen LogP contribution in [-0.4, -0.2) is 4.98 Å². The minimum atomic E-state index is 0. The molecule has 0 unspecified atom stereocenters. The third kappa shape index (κ3) is 42.6. The van der Waals surface area contributed by atoms with Crippen LogP contribution < -0.4 is 0 Å². The molecule has 13 radical (unpaired) electrons. The number of aromatic nitrogens is 1. The topological polar surface area (TPSA) is 12.9 Å². The number of hydrogen-bond donors (Lipinski definition) is 0. The van der Waals surface area contributed by atoms with E-state index in [1.807, 2.05) is 6.92 Å². The van der Waals surface area contributed by atoms with Crippen LogP contribution in [0.1, 0.15) is 36.5 Å². The van der Waals surface area contributed by atoms with Crippen molar-refractivity contribution in [3.8, 4) is 0 Å². The molecule has 1 heterocycles. The molecule has 0 amide bonds. The van der Waals surface area contributed by atoms with E-state index in [0.29, 0.717) is 5.92 Å². The summed E-state index contributed by atoms with van der Waals surface area (Å²) in [6.45, 7) is 8.43. The van der Waals surface area contributed by atoms with Gasteiger partial charge in [-0.1, -0.05) is 26.7 Å². The average Bonchev–Trinajstić information content (AvgIpc) is 1.94. The Balaban J connectivity index is -0.00000000846. The van der Waals surface area contributed by atoms with Crippen LogP contribution in [0.15, 0.2) is 0 Å². The summed E-state index contributed by atoms with van der Waals surface area (Å²) in [5.74, 6) is 0.510. The molecule has 0 bridgehead atoms. The first-order valence-corrected chi connectivity index (χ1v) is 3.89. The fraction of sp³-hybridized carbons (Fsp3) is 0.500. The predicted octanol–water partition coefficient (Wildman–Crippen LogP) is 2.39. The first-order chi connectivity index (χ1) is 5.13. The maximum atomic E-state index is 3.92. The Morgan fingerprint density at radius 3 is 1.08 bits per heavy atom. The largest absolute Gasteiger partial charge is 0.543 e. The van der Waals surface area contributed by atoms with Crippen molar-refractivity contribution < 1.29 is 425 Å². The van der Waals surface area contributed by atoms with E-state index >= 15 is 0 Å². The van der Waals surface area contributed by atoms with Gasteiger partial charge in [-0.15, -0.1) is 6.92 Å². The molecule has 1 aromatic heterocycles. The van der Waals surface area contributed by atoms with Gasteiger partial charge in [-0.2, -0.15) is 0 Å². The van der Waals surface area contributed by atoms with Crippen molar-refractivity contribution in [3.63, 3.8) is 0 Å². The van der Waals surface area contributed by atoms with Gasteiger partial charge in [0.25, 0.3) is 0 Å². The molecular formula is C10H13NY13-2. The zero-order valence-electron chi connectivity index (χ0n) is 15.0. The molecule has 1 aromatic rings. The maximum Gasteiger partial charge on any atom is 0 e. The Kier molecular flexibility index (Phi) is 196. The molecule has 0 saturated carbocycles. The van der Waals surface area contributed by atoms with Crippen LogP contribution in [0.2, 0.25) is 0 Å². The van der Waals surface area contributed by atoms with Crippen molar-refractivity contribution in [3.05, 3.63) is 29.1 Å². The minimum absolute atomic E-state index is 0. The second-order valence-electron chi connectivity index (χ2n) is 3.15. The molecule has 1 nitrogen and oxygen atoms in total. The van der Waals surface area contributed by atoms with Crippen LogP contribution in [0.5, 0.6) is 0 Å². The van der Waals surface area contributed by atoms with Crippen LogP contribution in [0.25, 0.3) is 0 Å². The zero-order valence-corrected chi connectivity index (χ0v) is 51.9. The van der Waals surface area contributed by atoms with Gasteiger partial charge in [0.15, 0.2) is 0 Å². The van der Waals surface area contributed by atoms with Crippen LogP contribution in [0.4, 0.5) is 0 Å². The van der Waals surface area contributed by atoms with E-state index in [1.54, 1.807) is 0 Å². The molecule has 24 heavy (non-hydrogen) atoms. The van der Waals surface area contributed by atoms with Gasteiger partial charge >= 0.3 is 0 Å². The summed E-state index contributed by atoms with van der Waals surface area (Å²) in [6.07, 6.45) is 5.86. The molecule has 0 fully saturated rings. The first kappa shape index (κ1) is 83.2. The molecular weight excluding hydrogens is 1290 g/mol. The average molecular weight is 1300 g/mol. The van der Waals surface area contributed by atoms with E-state index in [0.717, 1.165) is 5.56 Å². The molecule has 0 aliphatic carbocycles. The van der Waals surface area contributed by atoms with Gasteiger partial charge in [-0.25, -0.2) is 0 Å². The standard InChI is InChI=1S/C10H13N.13Y/c1-7(2)10-6-11-5-8(3)9(10)4;;;;;;;;;;;;;/h7H,1-4H3;;;;;;;;;;;;;/q-2;;;;;;;;;;;;;. The smallest absolute Gasteiger partial charge is 0 e. The fourth-order valence-electron chi connectivity index (χ4n) is 1.10. The van der Waals surface area contributed by atoms with E-state index < -0.39 is 0 Å². The number of nitrogens with zero attached hydrogens (tertiary/aromatic N) is 1. The van der Waals surface area contributed by atoms with E-state index in [9.17, 15) is 0 Å². The summed E-state index contributed by atoms with van der Waals surface area (Å²) in [7, 11) is 0.